The van der Waals surface area contributed by atoms with Gasteiger partial charge in [0.25, 0.3) is 0 Å². The summed E-state index contributed by atoms with van der Waals surface area (Å²) in [6, 6.07) is 14.3. The van der Waals surface area contributed by atoms with Gasteiger partial charge in [-0.3, -0.25) is 0 Å². The summed E-state index contributed by atoms with van der Waals surface area (Å²) in [7, 11) is 0. The lowest BCUT2D eigenvalue weighted by molar-refractivity contribution is 0.0977. The van der Waals surface area contributed by atoms with Gasteiger partial charge in [0.1, 0.15) is 24.7 Å². The van der Waals surface area contributed by atoms with Crippen LogP contribution in [0, 0.1) is 0 Å². The highest BCUT2D eigenvalue weighted by Gasteiger charge is 2.18. The lowest BCUT2D eigenvalue weighted by Gasteiger charge is -2.21. The molecule has 210 valence electrons. The molecule has 0 bridgehead atoms. The number of hydrogen-bond donors (Lipinski definition) is 4. The molecule has 2 unspecified atom stereocenters. The summed E-state index contributed by atoms with van der Waals surface area (Å²) in [5.41, 5.74) is 1.19. The molecule has 6 heteroatoms. The van der Waals surface area contributed by atoms with E-state index in [-0.39, 0.29) is 26.4 Å². The second-order valence-corrected chi connectivity index (χ2v) is 10.2. The first-order chi connectivity index (χ1) is 18.6. The van der Waals surface area contributed by atoms with Gasteiger partial charge in [-0.1, -0.05) is 81.8 Å². The summed E-state index contributed by atoms with van der Waals surface area (Å²) in [5.74, 6) is 1.50. The number of benzene rings is 3. The topological polar surface area (TPSA) is 99.4 Å². The third kappa shape index (κ3) is 8.84. The highest BCUT2D eigenvalue weighted by molar-refractivity contribution is 6.11. The molecule has 38 heavy (non-hydrogen) atoms. The van der Waals surface area contributed by atoms with Gasteiger partial charge in [0, 0.05) is 34.8 Å². The number of unbranched alkanes of at least 4 members (excludes halogenated alkanes) is 6. The molecule has 0 saturated carbocycles. The zero-order valence-electron chi connectivity index (χ0n) is 22.9. The Bertz CT molecular complexity index is 1100. The van der Waals surface area contributed by atoms with E-state index in [0.717, 1.165) is 90.8 Å². The van der Waals surface area contributed by atoms with Crippen molar-refractivity contribution in [3.63, 3.8) is 0 Å². The van der Waals surface area contributed by atoms with Gasteiger partial charge in [-0.2, -0.15) is 0 Å². The quantitative estimate of drug-likeness (QED) is 0.114. The molecular weight excluding hydrogens is 480 g/mol. The van der Waals surface area contributed by atoms with Crippen molar-refractivity contribution in [2.45, 2.75) is 89.8 Å². The Balaban J connectivity index is 1.80. The van der Waals surface area contributed by atoms with E-state index in [1.165, 1.54) is 5.56 Å². The van der Waals surface area contributed by atoms with E-state index in [4.69, 9.17) is 19.7 Å². The fourth-order valence-corrected chi connectivity index (χ4v) is 4.89. The van der Waals surface area contributed by atoms with Crippen molar-refractivity contribution in [2.24, 2.45) is 0 Å². The number of aliphatic hydroxyl groups is 4. The van der Waals surface area contributed by atoms with Crippen molar-refractivity contribution in [3.05, 3.63) is 48.0 Å². The molecule has 0 radical (unpaired) electrons. The lowest BCUT2D eigenvalue weighted by Crippen LogP contribution is -2.18. The molecule has 3 aromatic rings. The van der Waals surface area contributed by atoms with Gasteiger partial charge in [-0.15, -0.1) is 0 Å². The second-order valence-electron chi connectivity index (χ2n) is 10.2. The van der Waals surface area contributed by atoms with E-state index < -0.39 is 12.2 Å². The summed E-state index contributed by atoms with van der Waals surface area (Å²) in [6.07, 6.45) is 8.45. The Morgan fingerprint density at radius 2 is 1.08 bits per heavy atom. The SMILES string of the molecule is CCc1ccc2c(OCC(O)CCCCCCO)c3ccccc3c(OCC(O)CCCCCCO)c2c1. The van der Waals surface area contributed by atoms with Gasteiger partial charge in [-0.05, 0) is 43.7 Å². The molecule has 3 aromatic carbocycles. The van der Waals surface area contributed by atoms with E-state index >= 15 is 0 Å². The molecule has 0 saturated heterocycles. The number of ether oxygens (including phenoxy) is 2. The van der Waals surface area contributed by atoms with E-state index in [1.807, 2.05) is 24.3 Å². The van der Waals surface area contributed by atoms with Crippen molar-refractivity contribution >= 4 is 21.5 Å². The molecule has 0 aliphatic carbocycles. The smallest absolute Gasteiger partial charge is 0.135 e. The Hall–Kier alpha value is -2.38. The van der Waals surface area contributed by atoms with E-state index in [9.17, 15) is 10.2 Å². The van der Waals surface area contributed by atoms with Gasteiger partial charge in [0.15, 0.2) is 0 Å². The molecule has 0 heterocycles. The van der Waals surface area contributed by atoms with Crippen LogP contribution in [0.2, 0.25) is 0 Å². The summed E-state index contributed by atoms with van der Waals surface area (Å²) in [5, 5.41) is 42.8. The first-order valence-corrected chi connectivity index (χ1v) is 14.4. The molecule has 0 aliphatic rings. The normalized spacial score (nSPS) is 13.2. The van der Waals surface area contributed by atoms with Crippen LogP contribution in [0.25, 0.3) is 21.5 Å². The molecule has 6 nitrogen and oxygen atoms in total. The molecule has 3 rings (SSSR count). The molecule has 2 atom stereocenters. The van der Waals surface area contributed by atoms with Crippen molar-refractivity contribution in [1.82, 2.24) is 0 Å². The van der Waals surface area contributed by atoms with Crippen LogP contribution in [0.15, 0.2) is 42.5 Å². The minimum absolute atomic E-state index is 0.212. The first-order valence-electron chi connectivity index (χ1n) is 14.4. The predicted octanol–water partition coefficient (Wildman–Crippen LogP) is 5.92. The summed E-state index contributed by atoms with van der Waals surface area (Å²) >= 11 is 0. The fraction of sp³-hybridized carbons (Fsp3) is 0.562. The number of rotatable bonds is 19. The number of hydrogen-bond acceptors (Lipinski definition) is 6. The molecular formula is C32H46O6. The van der Waals surface area contributed by atoms with Crippen LogP contribution in [0.4, 0.5) is 0 Å². The average Bonchev–Trinajstić information content (AvgIpc) is 2.94. The molecule has 0 amide bonds. The second kappa shape index (κ2) is 16.6. The maximum Gasteiger partial charge on any atom is 0.135 e. The summed E-state index contributed by atoms with van der Waals surface area (Å²) in [6.45, 7) is 2.98. The van der Waals surface area contributed by atoms with Crippen LogP contribution >= 0.6 is 0 Å². The summed E-state index contributed by atoms with van der Waals surface area (Å²) < 4.78 is 12.6. The number of fused-ring (bicyclic) bond motifs is 2. The van der Waals surface area contributed by atoms with Gasteiger partial charge >= 0.3 is 0 Å². The largest absolute Gasteiger partial charge is 0.490 e. The maximum absolute atomic E-state index is 10.6. The van der Waals surface area contributed by atoms with Gasteiger partial charge < -0.3 is 29.9 Å². The predicted molar refractivity (Wildman–Crippen MR) is 154 cm³/mol. The monoisotopic (exact) mass is 526 g/mol. The minimum Gasteiger partial charge on any atom is -0.490 e. The zero-order valence-corrected chi connectivity index (χ0v) is 22.9. The Morgan fingerprint density at radius 1 is 0.605 bits per heavy atom. The van der Waals surface area contributed by atoms with Crippen molar-refractivity contribution in [1.29, 1.82) is 0 Å². The number of aryl methyl sites for hydroxylation is 1. The number of aliphatic hydroxyl groups excluding tert-OH is 4. The highest BCUT2D eigenvalue weighted by Crippen LogP contribution is 2.43. The molecule has 0 aromatic heterocycles. The van der Waals surface area contributed by atoms with Crippen LogP contribution < -0.4 is 9.47 Å². The van der Waals surface area contributed by atoms with Crippen LogP contribution in [0.1, 0.15) is 76.7 Å². The van der Waals surface area contributed by atoms with Gasteiger partial charge in [0.2, 0.25) is 0 Å². The Labute approximate surface area is 227 Å². The zero-order chi connectivity index (χ0) is 27.2. The van der Waals surface area contributed by atoms with Gasteiger partial charge in [-0.25, -0.2) is 0 Å². The maximum atomic E-state index is 10.6. The van der Waals surface area contributed by atoms with E-state index in [1.54, 1.807) is 0 Å². The summed E-state index contributed by atoms with van der Waals surface area (Å²) in [4.78, 5) is 0. The average molecular weight is 527 g/mol. The van der Waals surface area contributed by atoms with Crippen molar-refractivity contribution < 1.29 is 29.9 Å². The van der Waals surface area contributed by atoms with E-state index in [2.05, 4.69) is 25.1 Å². The molecule has 4 N–H and O–H groups in total. The Kier molecular flexibility index (Phi) is 13.1. The third-order valence-corrected chi connectivity index (χ3v) is 7.13. The van der Waals surface area contributed by atoms with Crippen LogP contribution in [0.3, 0.4) is 0 Å². The van der Waals surface area contributed by atoms with Crippen LogP contribution in [-0.2, 0) is 6.42 Å². The van der Waals surface area contributed by atoms with Crippen LogP contribution in [-0.4, -0.2) is 59.1 Å². The minimum atomic E-state index is -0.559. The van der Waals surface area contributed by atoms with Gasteiger partial charge in [0.05, 0.1) is 12.2 Å². The fourth-order valence-electron chi connectivity index (χ4n) is 4.89. The molecule has 0 aliphatic heterocycles. The van der Waals surface area contributed by atoms with Crippen LogP contribution in [0.5, 0.6) is 11.5 Å². The highest BCUT2D eigenvalue weighted by atomic mass is 16.5. The van der Waals surface area contributed by atoms with Crippen molar-refractivity contribution in [2.75, 3.05) is 26.4 Å². The van der Waals surface area contributed by atoms with E-state index in [0.29, 0.717) is 12.8 Å². The first kappa shape index (κ1) is 30.2. The molecule has 0 spiro atoms. The standard InChI is InChI=1S/C32H46O6/c1-2-24-17-18-29-30(21-24)32(38-23-26(36)14-8-4-6-12-20-34)28-16-10-9-15-27(28)31(29)37-22-25(35)13-7-3-5-11-19-33/h9-10,15-18,21,25-26,33-36H,2-8,11-14,19-20,22-23H2,1H3. The third-order valence-electron chi connectivity index (χ3n) is 7.13. The molecule has 0 fully saturated rings. The van der Waals surface area contributed by atoms with Crippen molar-refractivity contribution in [3.8, 4) is 11.5 Å². The lowest BCUT2D eigenvalue weighted by atomic mass is 9.98. The Morgan fingerprint density at radius 3 is 1.58 bits per heavy atom.